The Morgan fingerprint density at radius 3 is 2.26 bits per heavy atom. The number of fused-ring (bicyclic) bond motifs is 1. The van der Waals surface area contributed by atoms with Gasteiger partial charge in [0.05, 0.1) is 17.7 Å². The number of nitrogens with zero attached hydrogens (tertiary/aromatic N) is 2. The van der Waals surface area contributed by atoms with E-state index < -0.39 is 34.3 Å². The van der Waals surface area contributed by atoms with Crippen LogP contribution >= 0.6 is 0 Å². The summed E-state index contributed by atoms with van der Waals surface area (Å²) in [7, 11) is -2.82. The molecule has 0 saturated carbocycles. The van der Waals surface area contributed by atoms with Gasteiger partial charge in [-0.2, -0.15) is 0 Å². The maximum atomic E-state index is 14.0. The van der Waals surface area contributed by atoms with Crippen molar-refractivity contribution in [1.29, 1.82) is 0 Å². The van der Waals surface area contributed by atoms with Crippen LogP contribution < -0.4 is 23.8 Å². The zero-order valence-corrected chi connectivity index (χ0v) is 24.5. The number of hydrogen-bond donors (Lipinski definition) is 1. The largest absolute Gasteiger partial charge is 0.497 e. The molecule has 0 saturated heterocycles. The van der Waals surface area contributed by atoms with Gasteiger partial charge in [0.2, 0.25) is 11.8 Å². The molecule has 0 unspecified atom stereocenters. The molecule has 0 bridgehead atoms. The minimum atomic E-state index is -4.36. The first-order valence-corrected chi connectivity index (χ1v) is 15.0. The monoisotopic (exact) mass is 599 g/mol. The third-order valence-corrected chi connectivity index (χ3v) is 8.51. The van der Waals surface area contributed by atoms with Crippen molar-refractivity contribution in [2.24, 2.45) is 0 Å². The van der Waals surface area contributed by atoms with E-state index in [0.717, 1.165) is 22.0 Å². The van der Waals surface area contributed by atoms with Gasteiger partial charge in [0.15, 0.2) is 11.5 Å². The topological polar surface area (TPSA) is 114 Å². The number of carbonyl (C=O) groups is 2. The number of rotatable bonds is 12. The lowest BCUT2D eigenvalue weighted by Gasteiger charge is -2.33. The van der Waals surface area contributed by atoms with E-state index >= 15 is 0 Å². The van der Waals surface area contributed by atoms with Crippen LogP contribution in [0, 0.1) is 5.82 Å². The molecule has 224 valence electrons. The van der Waals surface area contributed by atoms with Gasteiger partial charge >= 0.3 is 0 Å². The zero-order valence-electron chi connectivity index (χ0n) is 23.7. The van der Waals surface area contributed by atoms with Crippen LogP contribution in [-0.2, 0) is 26.2 Å². The van der Waals surface area contributed by atoms with E-state index in [-0.39, 0.29) is 35.4 Å². The summed E-state index contributed by atoms with van der Waals surface area (Å²) in [5.74, 6) is -0.246. The number of ether oxygens (including phenoxy) is 3. The Morgan fingerprint density at radius 2 is 1.64 bits per heavy atom. The normalized spacial score (nSPS) is 13.1. The van der Waals surface area contributed by atoms with Gasteiger partial charge in [-0.1, -0.05) is 19.1 Å². The highest BCUT2D eigenvalue weighted by atomic mass is 32.2. The number of likely N-dealkylation sites (N-methyl/N-ethyl adjacent to an activating group) is 1. The Kier molecular flexibility index (Phi) is 9.89. The van der Waals surface area contributed by atoms with Crippen molar-refractivity contribution in [2.75, 3.05) is 37.7 Å². The molecule has 10 nitrogen and oxygen atoms in total. The zero-order chi connectivity index (χ0) is 30.3. The number of carbonyl (C=O) groups excluding carboxylic acids is 2. The van der Waals surface area contributed by atoms with Gasteiger partial charge in [0, 0.05) is 19.2 Å². The standard InChI is InChI=1S/C30H34FN3O7S/c1-4-26(30(36)32-5-2)33(19-21-6-12-24(39-3)13-7-21)29(35)20-34(23-10-8-22(31)9-11-23)42(37,38)25-14-15-27-28(18-25)41-17-16-40-27/h6-15,18,26H,4-5,16-17,19-20H2,1-3H3,(H,32,36)/t26-/m1/s1. The number of sulfonamides is 1. The lowest BCUT2D eigenvalue weighted by molar-refractivity contribution is -0.140. The highest BCUT2D eigenvalue weighted by Crippen LogP contribution is 2.34. The van der Waals surface area contributed by atoms with Crippen molar-refractivity contribution < 1.29 is 36.6 Å². The first kappa shape index (κ1) is 30.6. The first-order valence-electron chi connectivity index (χ1n) is 13.6. The van der Waals surface area contributed by atoms with Crippen molar-refractivity contribution in [3.63, 3.8) is 0 Å². The van der Waals surface area contributed by atoms with Crippen LogP contribution in [-0.4, -0.2) is 64.6 Å². The average molecular weight is 600 g/mol. The molecule has 3 aromatic carbocycles. The van der Waals surface area contributed by atoms with Crippen LogP contribution in [0.4, 0.5) is 10.1 Å². The Hall–Kier alpha value is -4.32. The lowest BCUT2D eigenvalue weighted by Crippen LogP contribution is -2.52. The number of nitrogens with one attached hydrogen (secondary N) is 1. The number of hydrogen-bond acceptors (Lipinski definition) is 7. The second-order valence-corrected chi connectivity index (χ2v) is 11.3. The van der Waals surface area contributed by atoms with Crippen molar-refractivity contribution in [2.45, 2.75) is 37.8 Å². The van der Waals surface area contributed by atoms with Crippen molar-refractivity contribution in [3.05, 3.63) is 78.1 Å². The highest BCUT2D eigenvalue weighted by molar-refractivity contribution is 7.92. The van der Waals surface area contributed by atoms with E-state index in [1.807, 2.05) is 0 Å². The number of anilines is 1. The van der Waals surface area contributed by atoms with E-state index in [9.17, 15) is 22.4 Å². The van der Waals surface area contributed by atoms with Crippen LogP contribution in [0.2, 0.25) is 0 Å². The molecule has 42 heavy (non-hydrogen) atoms. The quantitative estimate of drug-likeness (QED) is 0.337. The van der Waals surface area contributed by atoms with Gasteiger partial charge < -0.3 is 24.4 Å². The molecular formula is C30H34FN3O7S. The second-order valence-electron chi connectivity index (χ2n) is 9.48. The minimum absolute atomic E-state index is 0.0415. The van der Waals surface area contributed by atoms with Gasteiger partial charge in [-0.3, -0.25) is 13.9 Å². The molecule has 12 heteroatoms. The molecule has 1 aliphatic heterocycles. The fraction of sp³-hybridized carbons (Fsp3) is 0.333. The molecule has 4 rings (SSSR count). The van der Waals surface area contributed by atoms with Gasteiger partial charge in [-0.15, -0.1) is 0 Å². The molecular weight excluding hydrogens is 565 g/mol. The molecule has 1 aliphatic rings. The molecule has 3 aromatic rings. The Morgan fingerprint density at radius 1 is 0.976 bits per heavy atom. The van der Waals surface area contributed by atoms with Crippen molar-refractivity contribution in [3.8, 4) is 17.2 Å². The summed E-state index contributed by atoms with van der Waals surface area (Å²) in [6.45, 7) is 3.90. The van der Waals surface area contributed by atoms with Gasteiger partial charge in [-0.05, 0) is 67.4 Å². The Balaban J connectivity index is 1.73. The predicted octanol–water partition coefficient (Wildman–Crippen LogP) is 3.74. The SMILES string of the molecule is CCNC(=O)[C@@H](CC)N(Cc1ccc(OC)cc1)C(=O)CN(c1ccc(F)cc1)S(=O)(=O)c1ccc2c(c1)OCCO2. The molecule has 0 radical (unpaired) electrons. The molecule has 0 fully saturated rings. The average Bonchev–Trinajstić information content (AvgIpc) is 3.00. The maximum Gasteiger partial charge on any atom is 0.264 e. The molecule has 1 atom stereocenters. The summed E-state index contributed by atoms with van der Waals surface area (Å²) in [5, 5.41) is 2.76. The molecule has 1 N–H and O–H groups in total. The van der Waals surface area contributed by atoms with Gasteiger partial charge in [0.1, 0.15) is 37.4 Å². The van der Waals surface area contributed by atoms with Crippen molar-refractivity contribution >= 4 is 27.5 Å². The fourth-order valence-electron chi connectivity index (χ4n) is 4.59. The Bertz CT molecular complexity index is 1500. The van der Waals surface area contributed by atoms with Crippen molar-refractivity contribution in [1.82, 2.24) is 10.2 Å². The third-order valence-electron chi connectivity index (χ3n) is 6.74. The van der Waals surface area contributed by atoms with Crippen LogP contribution in [0.25, 0.3) is 0 Å². The summed E-state index contributed by atoms with van der Waals surface area (Å²) in [5.41, 5.74) is 0.796. The van der Waals surface area contributed by atoms with E-state index in [4.69, 9.17) is 14.2 Å². The lowest BCUT2D eigenvalue weighted by atomic mass is 10.1. The minimum Gasteiger partial charge on any atom is -0.497 e. The molecule has 2 amide bonds. The summed E-state index contributed by atoms with van der Waals surface area (Å²) < 4.78 is 59.1. The molecule has 0 aromatic heterocycles. The van der Waals surface area contributed by atoms with Crippen LogP contribution in [0.3, 0.4) is 0 Å². The molecule has 0 spiro atoms. The number of methoxy groups -OCH3 is 1. The fourth-order valence-corrected chi connectivity index (χ4v) is 6.02. The van der Waals surface area contributed by atoms with Crippen LogP contribution in [0.5, 0.6) is 17.2 Å². The Labute approximate surface area is 245 Å². The van der Waals surface area contributed by atoms with Gasteiger partial charge in [0.25, 0.3) is 10.0 Å². The second kappa shape index (κ2) is 13.6. The molecule has 1 heterocycles. The van der Waals surface area contributed by atoms with E-state index in [1.165, 1.54) is 35.2 Å². The number of amides is 2. The summed E-state index contributed by atoms with van der Waals surface area (Å²) in [6, 6.07) is 15.1. The molecule has 0 aliphatic carbocycles. The van der Waals surface area contributed by atoms with E-state index in [1.54, 1.807) is 45.2 Å². The van der Waals surface area contributed by atoms with Gasteiger partial charge in [-0.25, -0.2) is 12.8 Å². The number of benzene rings is 3. The van der Waals surface area contributed by atoms with E-state index in [0.29, 0.717) is 31.1 Å². The first-order chi connectivity index (χ1) is 20.2. The summed E-state index contributed by atoms with van der Waals surface area (Å²) >= 11 is 0. The van der Waals surface area contributed by atoms with Crippen LogP contribution in [0.1, 0.15) is 25.8 Å². The van der Waals surface area contributed by atoms with E-state index in [2.05, 4.69) is 5.32 Å². The highest BCUT2D eigenvalue weighted by Gasteiger charge is 2.34. The number of halogens is 1. The third kappa shape index (κ3) is 6.93. The summed E-state index contributed by atoms with van der Waals surface area (Å²) in [6.07, 6.45) is 0.291. The predicted molar refractivity (Wildman–Crippen MR) is 155 cm³/mol. The summed E-state index contributed by atoms with van der Waals surface area (Å²) in [4.78, 5) is 28.3. The van der Waals surface area contributed by atoms with Crippen LogP contribution in [0.15, 0.2) is 71.6 Å². The smallest absolute Gasteiger partial charge is 0.264 e. The maximum absolute atomic E-state index is 14.0.